The molecule has 0 bridgehead atoms. The highest BCUT2D eigenvalue weighted by Crippen LogP contribution is 2.09. The molecule has 1 rings (SSSR count). The van der Waals surface area contributed by atoms with E-state index in [1.54, 1.807) is 6.08 Å². The van der Waals surface area contributed by atoms with E-state index in [1.807, 2.05) is 6.08 Å². The Morgan fingerprint density at radius 3 is 2.47 bits per heavy atom. The van der Waals surface area contributed by atoms with Crippen LogP contribution in [-0.2, 0) is 6.42 Å². The number of aliphatic hydroxyl groups is 1. The smallest absolute Gasteiger partial charge is 0.0615 e. The lowest BCUT2D eigenvalue weighted by atomic mass is 10.1. The van der Waals surface area contributed by atoms with Crippen LogP contribution >= 0.6 is 0 Å². The van der Waals surface area contributed by atoms with Crippen molar-refractivity contribution in [1.82, 2.24) is 0 Å². The molecule has 0 saturated heterocycles. The van der Waals surface area contributed by atoms with Gasteiger partial charge in [-0.15, -0.1) is 0 Å². The fourth-order valence-electron chi connectivity index (χ4n) is 1.56. The third-order valence-electron chi connectivity index (χ3n) is 2.46. The summed E-state index contributed by atoms with van der Waals surface area (Å²) in [5, 5.41) is 8.64. The van der Waals surface area contributed by atoms with Gasteiger partial charge < -0.3 is 5.11 Å². The van der Waals surface area contributed by atoms with E-state index in [9.17, 15) is 0 Å². The summed E-state index contributed by atoms with van der Waals surface area (Å²) in [6.07, 6.45) is 8.74. The van der Waals surface area contributed by atoms with Crippen LogP contribution in [0.3, 0.4) is 0 Å². The Morgan fingerprint density at radius 1 is 1.13 bits per heavy atom. The first-order valence-electron chi connectivity index (χ1n) is 5.73. The molecule has 82 valence electrons. The van der Waals surface area contributed by atoms with Crippen molar-refractivity contribution in [2.24, 2.45) is 0 Å². The van der Waals surface area contributed by atoms with Crippen LogP contribution in [0.1, 0.15) is 37.3 Å². The molecule has 0 aromatic heterocycles. The monoisotopic (exact) mass is 204 g/mol. The van der Waals surface area contributed by atoms with Crippen LogP contribution < -0.4 is 0 Å². The lowest BCUT2D eigenvalue weighted by Crippen LogP contribution is -1.85. The minimum atomic E-state index is 0.109. The van der Waals surface area contributed by atoms with Crippen molar-refractivity contribution < 1.29 is 5.11 Å². The number of rotatable bonds is 6. The van der Waals surface area contributed by atoms with Gasteiger partial charge in [-0.2, -0.15) is 0 Å². The largest absolute Gasteiger partial charge is 0.392 e. The van der Waals surface area contributed by atoms with E-state index in [1.165, 1.54) is 31.2 Å². The van der Waals surface area contributed by atoms with Crippen LogP contribution in [0.4, 0.5) is 0 Å². The highest BCUT2D eigenvalue weighted by molar-refractivity contribution is 5.49. The first-order chi connectivity index (χ1) is 7.36. The van der Waals surface area contributed by atoms with Crippen molar-refractivity contribution in [3.8, 4) is 0 Å². The van der Waals surface area contributed by atoms with Crippen LogP contribution in [0.25, 0.3) is 6.08 Å². The molecule has 15 heavy (non-hydrogen) atoms. The Morgan fingerprint density at radius 2 is 1.87 bits per heavy atom. The summed E-state index contributed by atoms with van der Waals surface area (Å²) in [5.74, 6) is 0. The molecule has 0 aliphatic rings. The number of aliphatic hydroxyl groups excluding tert-OH is 1. The first-order valence-corrected chi connectivity index (χ1v) is 5.73. The van der Waals surface area contributed by atoms with Crippen LogP contribution in [0, 0.1) is 0 Å². The molecule has 0 radical (unpaired) electrons. The summed E-state index contributed by atoms with van der Waals surface area (Å²) in [4.78, 5) is 0. The molecule has 0 amide bonds. The molecule has 0 aliphatic carbocycles. The predicted molar refractivity (Wildman–Crippen MR) is 65.8 cm³/mol. The topological polar surface area (TPSA) is 20.2 Å². The van der Waals surface area contributed by atoms with Crippen molar-refractivity contribution in [2.45, 2.75) is 32.6 Å². The molecule has 0 heterocycles. The second-order valence-corrected chi connectivity index (χ2v) is 3.78. The van der Waals surface area contributed by atoms with E-state index in [4.69, 9.17) is 5.11 Å². The summed E-state index contributed by atoms with van der Waals surface area (Å²) in [5.41, 5.74) is 2.56. The van der Waals surface area contributed by atoms with E-state index in [2.05, 4.69) is 31.2 Å². The van der Waals surface area contributed by atoms with Gasteiger partial charge >= 0.3 is 0 Å². The minimum Gasteiger partial charge on any atom is -0.392 e. The zero-order valence-corrected chi connectivity index (χ0v) is 9.45. The standard InChI is InChI=1S/C14H20O/c1-2-3-4-6-13-8-10-14(11-9-13)7-5-12-15/h5,7-11,15H,2-4,6,12H2,1H3/b7-5+. The molecule has 1 N–H and O–H groups in total. The molecule has 0 unspecified atom stereocenters. The fraction of sp³-hybridized carbons (Fsp3) is 0.429. The molecule has 0 aliphatic heterocycles. The molecule has 0 saturated carbocycles. The number of unbranched alkanes of at least 4 members (excludes halogenated alkanes) is 2. The average molecular weight is 204 g/mol. The number of hydrogen-bond acceptors (Lipinski definition) is 1. The fourth-order valence-corrected chi connectivity index (χ4v) is 1.56. The van der Waals surface area contributed by atoms with Gasteiger partial charge in [0.15, 0.2) is 0 Å². The molecule has 0 fully saturated rings. The van der Waals surface area contributed by atoms with Crippen molar-refractivity contribution >= 4 is 6.08 Å². The Balaban J connectivity index is 2.45. The maximum Gasteiger partial charge on any atom is 0.0615 e. The first kappa shape index (κ1) is 12.0. The second kappa shape index (κ2) is 7.24. The Labute approximate surface area is 92.5 Å². The lowest BCUT2D eigenvalue weighted by Gasteiger charge is -2.01. The minimum absolute atomic E-state index is 0.109. The van der Waals surface area contributed by atoms with Gasteiger partial charge in [0.1, 0.15) is 0 Å². The Bertz CT molecular complexity index is 285. The van der Waals surface area contributed by atoms with Crippen molar-refractivity contribution in [3.63, 3.8) is 0 Å². The van der Waals surface area contributed by atoms with Crippen LogP contribution in [-0.4, -0.2) is 11.7 Å². The molecule has 1 heteroatoms. The predicted octanol–water partition coefficient (Wildman–Crippen LogP) is 3.42. The molecule has 1 aromatic rings. The van der Waals surface area contributed by atoms with Gasteiger partial charge in [-0.3, -0.25) is 0 Å². The molecular formula is C14H20O. The van der Waals surface area contributed by atoms with E-state index >= 15 is 0 Å². The third kappa shape index (κ3) is 4.80. The van der Waals surface area contributed by atoms with Gasteiger partial charge in [0.25, 0.3) is 0 Å². The molecular weight excluding hydrogens is 184 g/mol. The second-order valence-electron chi connectivity index (χ2n) is 3.78. The van der Waals surface area contributed by atoms with E-state index in [0.717, 1.165) is 5.56 Å². The third-order valence-corrected chi connectivity index (χ3v) is 2.46. The summed E-state index contributed by atoms with van der Waals surface area (Å²) in [7, 11) is 0. The Kier molecular flexibility index (Phi) is 5.79. The van der Waals surface area contributed by atoms with Crippen LogP contribution in [0.2, 0.25) is 0 Å². The van der Waals surface area contributed by atoms with Gasteiger partial charge in [-0.05, 0) is 24.0 Å². The zero-order valence-electron chi connectivity index (χ0n) is 9.45. The van der Waals surface area contributed by atoms with Crippen molar-refractivity contribution in [3.05, 3.63) is 41.5 Å². The average Bonchev–Trinajstić information content (AvgIpc) is 2.28. The number of aryl methyl sites for hydroxylation is 1. The molecule has 1 nitrogen and oxygen atoms in total. The SMILES string of the molecule is CCCCCc1ccc(/C=C/CO)cc1. The summed E-state index contributed by atoms with van der Waals surface area (Å²) in [6.45, 7) is 2.33. The Hall–Kier alpha value is -1.08. The lowest BCUT2D eigenvalue weighted by molar-refractivity contribution is 0.343. The van der Waals surface area contributed by atoms with Gasteiger partial charge in [-0.1, -0.05) is 56.2 Å². The van der Waals surface area contributed by atoms with Gasteiger partial charge in [-0.25, -0.2) is 0 Å². The van der Waals surface area contributed by atoms with E-state index in [0.29, 0.717) is 0 Å². The van der Waals surface area contributed by atoms with Crippen LogP contribution in [0.5, 0.6) is 0 Å². The maximum absolute atomic E-state index is 8.64. The quantitative estimate of drug-likeness (QED) is 0.704. The number of hydrogen-bond donors (Lipinski definition) is 1. The van der Waals surface area contributed by atoms with Crippen LogP contribution in [0.15, 0.2) is 30.3 Å². The van der Waals surface area contributed by atoms with Gasteiger partial charge in [0, 0.05) is 0 Å². The molecule has 1 aromatic carbocycles. The van der Waals surface area contributed by atoms with E-state index in [-0.39, 0.29) is 6.61 Å². The normalized spacial score (nSPS) is 11.1. The van der Waals surface area contributed by atoms with Gasteiger partial charge in [0.2, 0.25) is 0 Å². The summed E-state index contributed by atoms with van der Waals surface area (Å²) < 4.78 is 0. The highest BCUT2D eigenvalue weighted by atomic mass is 16.2. The number of benzene rings is 1. The summed E-state index contributed by atoms with van der Waals surface area (Å²) >= 11 is 0. The van der Waals surface area contributed by atoms with Crippen molar-refractivity contribution in [2.75, 3.05) is 6.61 Å². The molecule has 0 atom stereocenters. The summed E-state index contributed by atoms with van der Waals surface area (Å²) in [6, 6.07) is 8.56. The molecule has 0 spiro atoms. The highest BCUT2D eigenvalue weighted by Gasteiger charge is 1.92. The maximum atomic E-state index is 8.64. The van der Waals surface area contributed by atoms with Crippen molar-refractivity contribution in [1.29, 1.82) is 0 Å². The van der Waals surface area contributed by atoms with Gasteiger partial charge in [0.05, 0.1) is 6.61 Å². The van der Waals surface area contributed by atoms with E-state index < -0.39 is 0 Å². The zero-order chi connectivity index (χ0) is 10.9.